The summed E-state index contributed by atoms with van der Waals surface area (Å²) in [7, 11) is 1.67. The van der Waals surface area contributed by atoms with E-state index in [9.17, 15) is 4.79 Å². The van der Waals surface area contributed by atoms with Crippen molar-refractivity contribution < 1.29 is 9.53 Å². The molecular weight excluding hydrogens is 286 g/mol. The lowest BCUT2D eigenvalue weighted by atomic mass is 10.1. The van der Waals surface area contributed by atoms with Gasteiger partial charge < -0.3 is 10.1 Å². The van der Waals surface area contributed by atoms with Crippen LogP contribution in [0.2, 0.25) is 0 Å². The first kappa shape index (κ1) is 17.1. The lowest BCUT2D eigenvalue weighted by molar-refractivity contribution is -0.121. The molecular formula is C20H25NO2. The van der Waals surface area contributed by atoms with Gasteiger partial charge in [-0.25, -0.2) is 0 Å². The van der Waals surface area contributed by atoms with Crippen LogP contribution in [-0.2, 0) is 17.6 Å². The van der Waals surface area contributed by atoms with Crippen LogP contribution < -0.4 is 10.1 Å². The summed E-state index contributed by atoms with van der Waals surface area (Å²) in [6.07, 6.45) is 3.25. The third kappa shape index (κ3) is 6.15. The summed E-state index contributed by atoms with van der Waals surface area (Å²) in [5, 5.41) is 2.99. The van der Waals surface area contributed by atoms with Gasteiger partial charge in [0.05, 0.1) is 7.11 Å². The highest BCUT2D eigenvalue weighted by atomic mass is 16.5. The van der Waals surface area contributed by atoms with Crippen molar-refractivity contribution in [3.05, 3.63) is 65.2 Å². The van der Waals surface area contributed by atoms with Crippen molar-refractivity contribution in [2.24, 2.45) is 0 Å². The number of carbonyl (C=O) groups excluding carboxylic acids is 1. The van der Waals surface area contributed by atoms with Crippen molar-refractivity contribution in [1.29, 1.82) is 0 Å². The molecule has 0 aliphatic carbocycles. The number of nitrogens with one attached hydrogen (secondary N) is 1. The monoisotopic (exact) mass is 311 g/mol. The van der Waals surface area contributed by atoms with Gasteiger partial charge in [-0.15, -0.1) is 0 Å². The van der Waals surface area contributed by atoms with E-state index in [2.05, 4.69) is 48.6 Å². The molecule has 0 aliphatic rings. The summed E-state index contributed by atoms with van der Waals surface area (Å²) in [6.45, 7) is 2.79. The quantitative estimate of drug-likeness (QED) is 0.755. The molecule has 2 aromatic carbocycles. The van der Waals surface area contributed by atoms with Gasteiger partial charge in [-0.2, -0.15) is 0 Å². The fraction of sp³-hybridized carbons (Fsp3) is 0.350. The molecule has 1 N–H and O–H groups in total. The standard InChI is InChI=1S/C20H25NO2/c1-16-5-7-18(8-6-16)11-14-20(22)21-15-3-4-17-9-12-19(23-2)13-10-17/h5-10,12-13H,3-4,11,14-15H2,1-2H3,(H,21,22). The highest BCUT2D eigenvalue weighted by Crippen LogP contribution is 2.12. The highest BCUT2D eigenvalue weighted by molar-refractivity contribution is 5.76. The number of carbonyl (C=O) groups is 1. The lowest BCUT2D eigenvalue weighted by Crippen LogP contribution is -2.24. The van der Waals surface area contributed by atoms with E-state index in [0.717, 1.165) is 31.6 Å². The Balaban J connectivity index is 1.61. The minimum absolute atomic E-state index is 0.125. The Kier molecular flexibility index (Phi) is 6.67. The van der Waals surface area contributed by atoms with Gasteiger partial charge in [0.1, 0.15) is 5.75 Å². The second-order valence-corrected chi connectivity index (χ2v) is 5.79. The van der Waals surface area contributed by atoms with Crippen LogP contribution in [-0.4, -0.2) is 19.6 Å². The predicted molar refractivity (Wildman–Crippen MR) is 93.8 cm³/mol. The highest BCUT2D eigenvalue weighted by Gasteiger charge is 2.02. The van der Waals surface area contributed by atoms with Crippen molar-refractivity contribution in [3.63, 3.8) is 0 Å². The van der Waals surface area contributed by atoms with Gasteiger partial charge in [-0.1, -0.05) is 42.0 Å². The van der Waals surface area contributed by atoms with Gasteiger partial charge >= 0.3 is 0 Å². The Labute approximate surface area is 138 Å². The van der Waals surface area contributed by atoms with Crippen molar-refractivity contribution >= 4 is 5.91 Å². The van der Waals surface area contributed by atoms with Crippen molar-refractivity contribution in [3.8, 4) is 5.75 Å². The zero-order valence-electron chi connectivity index (χ0n) is 14.0. The van der Waals surface area contributed by atoms with Crippen LogP contribution in [0.15, 0.2) is 48.5 Å². The Hall–Kier alpha value is -2.29. The van der Waals surface area contributed by atoms with E-state index >= 15 is 0 Å². The molecule has 0 heterocycles. The largest absolute Gasteiger partial charge is 0.497 e. The van der Waals surface area contributed by atoms with Crippen LogP contribution >= 0.6 is 0 Å². The first-order chi connectivity index (χ1) is 11.2. The number of rotatable bonds is 8. The van der Waals surface area contributed by atoms with E-state index in [1.54, 1.807) is 7.11 Å². The molecule has 0 bridgehead atoms. The van der Waals surface area contributed by atoms with Gasteiger partial charge in [0, 0.05) is 13.0 Å². The molecule has 3 nitrogen and oxygen atoms in total. The molecule has 2 aromatic rings. The number of aryl methyl sites for hydroxylation is 3. The molecule has 0 radical (unpaired) electrons. The lowest BCUT2D eigenvalue weighted by Gasteiger charge is -2.06. The van der Waals surface area contributed by atoms with Crippen LogP contribution in [0.4, 0.5) is 0 Å². The van der Waals surface area contributed by atoms with Gasteiger partial charge in [-0.05, 0) is 49.4 Å². The van der Waals surface area contributed by atoms with Gasteiger partial charge in [0.2, 0.25) is 5.91 Å². The smallest absolute Gasteiger partial charge is 0.220 e. The molecule has 23 heavy (non-hydrogen) atoms. The molecule has 0 spiro atoms. The van der Waals surface area contributed by atoms with Crippen LogP contribution in [0.5, 0.6) is 5.75 Å². The van der Waals surface area contributed by atoms with E-state index < -0.39 is 0 Å². The topological polar surface area (TPSA) is 38.3 Å². The Morgan fingerprint density at radius 1 is 0.957 bits per heavy atom. The molecule has 2 rings (SSSR count). The van der Waals surface area contributed by atoms with E-state index in [4.69, 9.17) is 4.74 Å². The minimum Gasteiger partial charge on any atom is -0.497 e. The second kappa shape index (κ2) is 8.99. The van der Waals surface area contributed by atoms with Gasteiger partial charge in [-0.3, -0.25) is 4.79 Å². The van der Waals surface area contributed by atoms with Crippen LogP contribution in [0.1, 0.15) is 29.5 Å². The molecule has 0 aromatic heterocycles. The first-order valence-electron chi connectivity index (χ1n) is 8.12. The number of hydrogen-bond donors (Lipinski definition) is 1. The second-order valence-electron chi connectivity index (χ2n) is 5.79. The van der Waals surface area contributed by atoms with Crippen LogP contribution in [0.3, 0.4) is 0 Å². The summed E-state index contributed by atoms with van der Waals surface area (Å²) in [5.41, 5.74) is 3.72. The Morgan fingerprint density at radius 2 is 1.57 bits per heavy atom. The molecule has 3 heteroatoms. The summed E-state index contributed by atoms with van der Waals surface area (Å²) < 4.78 is 5.14. The number of ether oxygens (including phenoxy) is 1. The fourth-order valence-electron chi connectivity index (χ4n) is 2.41. The summed E-state index contributed by atoms with van der Waals surface area (Å²) in [6, 6.07) is 16.4. The molecule has 0 saturated carbocycles. The average Bonchev–Trinajstić information content (AvgIpc) is 2.59. The molecule has 0 atom stereocenters. The number of benzene rings is 2. The number of methoxy groups -OCH3 is 1. The Morgan fingerprint density at radius 3 is 2.22 bits per heavy atom. The maximum Gasteiger partial charge on any atom is 0.220 e. The Bertz CT molecular complexity index is 603. The molecule has 0 aliphatic heterocycles. The number of hydrogen-bond acceptors (Lipinski definition) is 2. The van der Waals surface area contributed by atoms with Gasteiger partial charge in [0.15, 0.2) is 0 Å². The first-order valence-corrected chi connectivity index (χ1v) is 8.12. The summed E-state index contributed by atoms with van der Waals surface area (Å²) in [4.78, 5) is 11.9. The van der Waals surface area contributed by atoms with Gasteiger partial charge in [0.25, 0.3) is 0 Å². The number of amides is 1. The third-order valence-electron chi connectivity index (χ3n) is 3.88. The van der Waals surface area contributed by atoms with Crippen molar-refractivity contribution in [2.75, 3.05) is 13.7 Å². The zero-order chi connectivity index (χ0) is 16.5. The van der Waals surface area contributed by atoms with E-state index in [-0.39, 0.29) is 5.91 Å². The average molecular weight is 311 g/mol. The SMILES string of the molecule is COc1ccc(CCCNC(=O)CCc2ccc(C)cc2)cc1. The van der Waals surface area contributed by atoms with E-state index in [1.807, 2.05) is 12.1 Å². The van der Waals surface area contributed by atoms with E-state index in [0.29, 0.717) is 6.42 Å². The zero-order valence-corrected chi connectivity index (χ0v) is 14.0. The molecule has 122 valence electrons. The summed E-state index contributed by atoms with van der Waals surface area (Å²) in [5.74, 6) is 0.999. The molecule has 1 amide bonds. The van der Waals surface area contributed by atoms with Crippen molar-refractivity contribution in [2.45, 2.75) is 32.6 Å². The third-order valence-corrected chi connectivity index (χ3v) is 3.88. The summed E-state index contributed by atoms with van der Waals surface area (Å²) >= 11 is 0. The van der Waals surface area contributed by atoms with Crippen LogP contribution in [0.25, 0.3) is 0 Å². The maximum absolute atomic E-state index is 11.9. The molecule has 0 saturated heterocycles. The fourth-order valence-corrected chi connectivity index (χ4v) is 2.41. The predicted octanol–water partition coefficient (Wildman–Crippen LogP) is 3.69. The molecule has 0 fully saturated rings. The minimum atomic E-state index is 0.125. The normalized spacial score (nSPS) is 10.3. The van der Waals surface area contributed by atoms with Crippen molar-refractivity contribution in [1.82, 2.24) is 5.32 Å². The maximum atomic E-state index is 11.9. The van der Waals surface area contributed by atoms with E-state index in [1.165, 1.54) is 16.7 Å². The van der Waals surface area contributed by atoms with Crippen LogP contribution in [0, 0.1) is 6.92 Å². The molecule has 0 unspecified atom stereocenters.